The third-order valence-electron chi connectivity index (χ3n) is 3.65. The molecule has 1 aromatic rings. The summed E-state index contributed by atoms with van der Waals surface area (Å²) in [6.45, 7) is 0.774. The van der Waals surface area contributed by atoms with Crippen LogP contribution in [0.4, 0.5) is 5.69 Å². The number of nitrogens with zero attached hydrogens (tertiary/aromatic N) is 1. The molecule has 0 saturated carbocycles. The zero-order chi connectivity index (χ0) is 16.2. The fourth-order valence-electron chi connectivity index (χ4n) is 2.36. The van der Waals surface area contributed by atoms with E-state index in [0.717, 1.165) is 32.2 Å². The van der Waals surface area contributed by atoms with Crippen LogP contribution in [0.2, 0.25) is 0 Å². The Morgan fingerprint density at radius 1 is 1.14 bits per heavy atom. The lowest BCUT2D eigenvalue weighted by atomic mass is 10.0. The van der Waals surface area contributed by atoms with Gasteiger partial charge in [0.2, 0.25) is 0 Å². The Bertz CT molecular complexity index is 475. The molecule has 22 heavy (non-hydrogen) atoms. The molecule has 1 unspecified atom stereocenters. The first kappa shape index (κ1) is 18.3. The van der Waals surface area contributed by atoms with Gasteiger partial charge >= 0.3 is 0 Å². The molecule has 0 amide bonds. The Morgan fingerprint density at radius 3 is 2.55 bits per heavy atom. The number of unbranched alkanes of at least 4 members (excludes halogenated alkanes) is 4. The molecule has 5 heteroatoms. The van der Waals surface area contributed by atoms with Gasteiger partial charge in [-0.1, -0.05) is 50.0 Å². The summed E-state index contributed by atoms with van der Waals surface area (Å²) >= 11 is 0. The molecule has 0 aromatic heterocycles. The lowest BCUT2D eigenvalue weighted by Gasteiger charge is -2.08. The Balaban J connectivity index is 2.29. The number of hydrogen-bond donors (Lipinski definition) is 2. The Labute approximate surface area is 132 Å². The Morgan fingerprint density at radius 2 is 1.82 bits per heavy atom. The van der Waals surface area contributed by atoms with Crippen LogP contribution in [-0.4, -0.2) is 17.5 Å². The summed E-state index contributed by atoms with van der Waals surface area (Å²) in [5.74, 6) is 0. The van der Waals surface area contributed by atoms with Gasteiger partial charge in [0.15, 0.2) is 0 Å². The molecule has 0 saturated heterocycles. The summed E-state index contributed by atoms with van der Waals surface area (Å²) in [5.41, 5.74) is 12.3. The Kier molecular flexibility index (Phi) is 9.11. The summed E-state index contributed by atoms with van der Waals surface area (Å²) in [6.07, 6.45) is 11.3. The summed E-state index contributed by atoms with van der Waals surface area (Å²) < 4.78 is 0. The van der Waals surface area contributed by atoms with E-state index in [4.69, 9.17) is 11.5 Å². The van der Waals surface area contributed by atoms with Crippen molar-refractivity contribution < 1.29 is 4.92 Å². The number of benzene rings is 1. The standard InChI is InChI=1S/C17H27N3O2/c18-14-7-3-1-2-4-11-16(19)12-8-10-15-9-5-6-13-17(15)20(21)22/h5-6,8-10,13,16H,1-4,7,11-12,14,18-19H2/b10-8+. The minimum Gasteiger partial charge on any atom is -0.330 e. The molecular formula is C17H27N3O2. The lowest BCUT2D eigenvalue weighted by Crippen LogP contribution is -2.18. The van der Waals surface area contributed by atoms with Gasteiger partial charge in [-0.05, 0) is 31.9 Å². The second-order valence-electron chi connectivity index (χ2n) is 5.56. The third kappa shape index (κ3) is 7.33. The number of rotatable bonds is 11. The van der Waals surface area contributed by atoms with Gasteiger partial charge in [-0.25, -0.2) is 0 Å². The number of nitrogens with two attached hydrogens (primary N) is 2. The predicted octanol–water partition coefficient (Wildman–Crippen LogP) is 3.62. The number of para-hydroxylation sites is 1. The average molecular weight is 305 g/mol. The summed E-state index contributed by atoms with van der Waals surface area (Å²) in [6, 6.07) is 6.85. The van der Waals surface area contributed by atoms with Crippen LogP contribution >= 0.6 is 0 Å². The smallest absolute Gasteiger partial charge is 0.276 e. The first-order chi connectivity index (χ1) is 10.6. The molecule has 0 radical (unpaired) electrons. The highest BCUT2D eigenvalue weighted by Crippen LogP contribution is 2.19. The molecule has 1 aromatic carbocycles. The second kappa shape index (κ2) is 10.9. The van der Waals surface area contributed by atoms with Gasteiger partial charge in [0.25, 0.3) is 5.69 Å². The summed E-state index contributed by atoms with van der Waals surface area (Å²) in [4.78, 5) is 10.5. The van der Waals surface area contributed by atoms with Gasteiger partial charge in [-0.15, -0.1) is 0 Å². The zero-order valence-corrected chi connectivity index (χ0v) is 13.1. The quantitative estimate of drug-likeness (QED) is 0.371. The van der Waals surface area contributed by atoms with E-state index < -0.39 is 0 Å². The summed E-state index contributed by atoms with van der Waals surface area (Å²) in [5, 5.41) is 10.9. The SMILES string of the molecule is NCCCCCCCC(N)C/C=C/c1ccccc1[N+](=O)[O-]. The largest absolute Gasteiger partial charge is 0.330 e. The van der Waals surface area contributed by atoms with E-state index in [1.807, 2.05) is 6.08 Å². The molecule has 0 fully saturated rings. The molecule has 0 aliphatic heterocycles. The predicted molar refractivity (Wildman–Crippen MR) is 91.5 cm³/mol. The van der Waals surface area contributed by atoms with Crippen molar-refractivity contribution >= 4 is 11.8 Å². The van der Waals surface area contributed by atoms with Crippen molar-refractivity contribution in [3.63, 3.8) is 0 Å². The first-order valence-corrected chi connectivity index (χ1v) is 8.00. The zero-order valence-electron chi connectivity index (χ0n) is 13.1. The maximum atomic E-state index is 10.9. The van der Waals surface area contributed by atoms with E-state index in [2.05, 4.69) is 0 Å². The number of hydrogen-bond acceptors (Lipinski definition) is 4. The van der Waals surface area contributed by atoms with Crippen LogP contribution < -0.4 is 11.5 Å². The molecule has 4 N–H and O–H groups in total. The molecule has 1 rings (SSSR count). The fourth-order valence-corrected chi connectivity index (χ4v) is 2.36. The minimum atomic E-state index is -0.360. The van der Waals surface area contributed by atoms with Gasteiger partial charge in [-0.2, -0.15) is 0 Å². The van der Waals surface area contributed by atoms with E-state index in [9.17, 15) is 10.1 Å². The number of nitro groups is 1. The highest BCUT2D eigenvalue weighted by molar-refractivity contribution is 5.60. The molecule has 0 spiro atoms. The van der Waals surface area contributed by atoms with Gasteiger partial charge in [0.05, 0.1) is 10.5 Å². The van der Waals surface area contributed by atoms with Crippen LogP contribution in [-0.2, 0) is 0 Å². The lowest BCUT2D eigenvalue weighted by molar-refractivity contribution is -0.385. The van der Waals surface area contributed by atoms with E-state index in [1.54, 1.807) is 24.3 Å². The maximum absolute atomic E-state index is 10.9. The van der Waals surface area contributed by atoms with Gasteiger partial charge in [0.1, 0.15) is 0 Å². The minimum absolute atomic E-state index is 0.119. The highest BCUT2D eigenvalue weighted by Gasteiger charge is 2.09. The van der Waals surface area contributed by atoms with Gasteiger partial charge < -0.3 is 11.5 Å². The maximum Gasteiger partial charge on any atom is 0.276 e. The summed E-state index contributed by atoms with van der Waals surface area (Å²) in [7, 11) is 0. The molecular weight excluding hydrogens is 278 g/mol. The fraction of sp³-hybridized carbons (Fsp3) is 0.529. The van der Waals surface area contributed by atoms with Crippen molar-refractivity contribution in [1.29, 1.82) is 0 Å². The first-order valence-electron chi connectivity index (χ1n) is 8.00. The molecule has 5 nitrogen and oxygen atoms in total. The van der Waals surface area contributed by atoms with Crippen molar-refractivity contribution in [2.24, 2.45) is 11.5 Å². The monoisotopic (exact) mass is 305 g/mol. The van der Waals surface area contributed by atoms with E-state index in [1.165, 1.54) is 25.3 Å². The van der Waals surface area contributed by atoms with Crippen molar-refractivity contribution in [3.8, 4) is 0 Å². The molecule has 0 heterocycles. The highest BCUT2D eigenvalue weighted by atomic mass is 16.6. The van der Waals surface area contributed by atoms with E-state index in [0.29, 0.717) is 5.56 Å². The topological polar surface area (TPSA) is 95.2 Å². The van der Waals surface area contributed by atoms with E-state index >= 15 is 0 Å². The van der Waals surface area contributed by atoms with Crippen molar-refractivity contribution in [3.05, 3.63) is 46.0 Å². The van der Waals surface area contributed by atoms with Crippen LogP contribution in [0.1, 0.15) is 50.5 Å². The van der Waals surface area contributed by atoms with E-state index in [-0.39, 0.29) is 16.7 Å². The van der Waals surface area contributed by atoms with Gasteiger partial charge in [0, 0.05) is 12.1 Å². The van der Waals surface area contributed by atoms with Crippen LogP contribution in [0.3, 0.4) is 0 Å². The van der Waals surface area contributed by atoms with Crippen LogP contribution in [0.5, 0.6) is 0 Å². The molecule has 0 bridgehead atoms. The normalized spacial score (nSPS) is 12.6. The van der Waals surface area contributed by atoms with Crippen molar-refractivity contribution in [2.75, 3.05) is 6.54 Å². The third-order valence-corrected chi connectivity index (χ3v) is 3.65. The Hall–Kier alpha value is -1.72. The van der Waals surface area contributed by atoms with Crippen molar-refractivity contribution in [1.82, 2.24) is 0 Å². The second-order valence-corrected chi connectivity index (χ2v) is 5.56. The molecule has 0 aliphatic rings. The van der Waals surface area contributed by atoms with Crippen molar-refractivity contribution in [2.45, 2.75) is 51.0 Å². The van der Waals surface area contributed by atoms with Crippen LogP contribution in [0.15, 0.2) is 30.3 Å². The molecule has 122 valence electrons. The van der Waals surface area contributed by atoms with Gasteiger partial charge in [-0.3, -0.25) is 10.1 Å². The molecule has 1 atom stereocenters. The van der Waals surface area contributed by atoms with Crippen LogP contribution in [0.25, 0.3) is 6.08 Å². The number of nitro benzene ring substituents is 1. The molecule has 0 aliphatic carbocycles. The average Bonchev–Trinajstić information content (AvgIpc) is 2.51. The van der Waals surface area contributed by atoms with Crippen LogP contribution in [0, 0.1) is 10.1 Å².